The van der Waals surface area contributed by atoms with Crippen molar-refractivity contribution in [3.8, 4) is 0 Å². The number of hydrogen-bond donors (Lipinski definition) is 3. The molecule has 3 N–H and O–H groups in total. The van der Waals surface area contributed by atoms with Gasteiger partial charge in [0.05, 0.1) is 11.7 Å². The Morgan fingerprint density at radius 1 is 1.11 bits per heavy atom. The molecule has 1 aliphatic rings. The lowest BCUT2D eigenvalue weighted by Gasteiger charge is -2.31. The smallest absolute Gasteiger partial charge is 0.408 e. The predicted molar refractivity (Wildman–Crippen MR) is 128 cm³/mol. The number of H-pyrrole nitrogens is 1. The molecule has 0 atom stereocenters. The number of nitrogens with zero attached hydrogens (tertiary/aromatic N) is 4. The molecule has 4 heterocycles. The maximum absolute atomic E-state index is 13.0. The van der Waals surface area contributed by atoms with Gasteiger partial charge in [0, 0.05) is 45.2 Å². The van der Waals surface area contributed by atoms with Crippen molar-refractivity contribution < 1.29 is 18.8 Å². The van der Waals surface area contributed by atoms with E-state index in [2.05, 4.69) is 25.7 Å². The molecule has 186 valence electrons. The molecule has 0 radical (unpaired) electrons. The van der Waals surface area contributed by atoms with Crippen LogP contribution >= 0.6 is 0 Å². The van der Waals surface area contributed by atoms with Crippen molar-refractivity contribution in [3.05, 3.63) is 64.0 Å². The number of fused-ring (bicyclic) bond motifs is 2. The number of carbonyl (C=O) groups is 3. The molecule has 3 aromatic heterocycles. The lowest BCUT2D eigenvalue weighted by molar-refractivity contribution is -0.130. The van der Waals surface area contributed by atoms with E-state index in [0.29, 0.717) is 36.4 Å². The number of likely N-dealkylation sites (tertiary alicyclic amines) is 1. The monoisotopic (exact) mass is 491 g/mol. The number of aromatic nitrogens is 4. The number of hydrogen-bond acceptors (Lipinski definition) is 7. The number of amides is 3. The van der Waals surface area contributed by atoms with E-state index in [9.17, 15) is 19.2 Å². The number of piperidine rings is 1. The molecule has 12 heteroatoms. The van der Waals surface area contributed by atoms with E-state index >= 15 is 0 Å². The minimum Gasteiger partial charge on any atom is -0.408 e. The summed E-state index contributed by atoms with van der Waals surface area (Å²) in [5.41, 5.74) is 2.39. The van der Waals surface area contributed by atoms with Crippen molar-refractivity contribution in [1.82, 2.24) is 35.1 Å². The van der Waals surface area contributed by atoms with Gasteiger partial charge in [0.1, 0.15) is 11.4 Å². The molecule has 0 bridgehead atoms. The third-order valence-corrected chi connectivity index (χ3v) is 6.37. The second-order valence-corrected chi connectivity index (χ2v) is 8.82. The predicted octanol–water partition coefficient (Wildman–Crippen LogP) is 1.08. The summed E-state index contributed by atoms with van der Waals surface area (Å²) in [5.74, 6) is -1.02. The van der Waals surface area contributed by atoms with Crippen LogP contribution in [0, 0.1) is 5.92 Å². The molecule has 1 aliphatic heterocycles. The molecule has 4 aromatic rings. The summed E-state index contributed by atoms with van der Waals surface area (Å²) in [6.07, 6.45) is 3.15. The van der Waals surface area contributed by atoms with Crippen LogP contribution in [0.25, 0.3) is 16.7 Å². The maximum atomic E-state index is 13.0. The fourth-order valence-corrected chi connectivity index (χ4v) is 4.35. The van der Waals surface area contributed by atoms with E-state index in [1.165, 1.54) is 16.8 Å². The van der Waals surface area contributed by atoms with Crippen LogP contribution in [0.5, 0.6) is 0 Å². The molecule has 1 saturated heterocycles. The Morgan fingerprint density at radius 3 is 2.69 bits per heavy atom. The Morgan fingerprint density at radius 2 is 1.92 bits per heavy atom. The van der Waals surface area contributed by atoms with Gasteiger partial charge in [0.15, 0.2) is 11.2 Å². The Kier molecular flexibility index (Phi) is 6.23. The molecule has 0 unspecified atom stereocenters. The summed E-state index contributed by atoms with van der Waals surface area (Å²) in [6, 6.07) is 8.15. The van der Waals surface area contributed by atoms with E-state index in [1.54, 1.807) is 31.2 Å². The highest BCUT2D eigenvalue weighted by Gasteiger charge is 2.23. The second kappa shape index (κ2) is 9.64. The number of rotatable bonds is 6. The van der Waals surface area contributed by atoms with Gasteiger partial charge < -0.3 is 20.0 Å². The van der Waals surface area contributed by atoms with Crippen LogP contribution in [-0.4, -0.2) is 61.8 Å². The highest BCUT2D eigenvalue weighted by Crippen LogP contribution is 2.17. The number of benzene rings is 1. The molecule has 0 spiro atoms. The van der Waals surface area contributed by atoms with Gasteiger partial charge in [-0.3, -0.25) is 19.4 Å². The molecular formula is C24H25N7O5. The summed E-state index contributed by atoms with van der Waals surface area (Å²) in [7, 11) is 0. The van der Waals surface area contributed by atoms with Gasteiger partial charge in [-0.15, -0.1) is 0 Å². The first-order chi connectivity index (χ1) is 17.4. The molecule has 3 amide bonds. The van der Waals surface area contributed by atoms with Crippen LogP contribution in [0.2, 0.25) is 0 Å². The summed E-state index contributed by atoms with van der Waals surface area (Å²) < 4.78 is 6.39. The Balaban J connectivity index is 1.26. The number of nitrogens with one attached hydrogen (secondary N) is 3. The SMILES string of the molecule is CC(=O)N1CCC(CNC(=O)c2cc(C(=O)NCc3ccc4oc(=O)[nH]c4c3)nc3ccnn23)CC1. The van der Waals surface area contributed by atoms with Crippen LogP contribution in [0.1, 0.15) is 46.3 Å². The Labute approximate surface area is 204 Å². The second-order valence-electron chi connectivity index (χ2n) is 8.82. The van der Waals surface area contributed by atoms with Crippen LogP contribution in [0.15, 0.2) is 45.7 Å². The van der Waals surface area contributed by atoms with E-state index in [0.717, 1.165) is 18.4 Å². The quantitative estimate of drug-likeness (QED) is 0.365. The van der Waals surface area contributed by atoms with E-state index in [1.807, 2.05) is 4.90 Å². The third kappa shape index (κ3) is 4.83. The Bertz CT molecular complexity index is 1510. The summed E-state index contributed by atoms with van der Waals surface area (Å²) in [4.78, 5) is 57.5. The summed E-state index contributed by atoms with van der Waals surface area (Å²) in [6.45, 7) is 3.59. The van der Waals surface area contributed by atoms with Gasteiger partial charge in [0.25, 0.3) is 11.8 Å². The van der Waals surface area contributed by atoms with Gasteiger partial charge >= 0.3 is 5.76 Å². The molecule has 36 heavy (non-hydrogen) atoms. The molecule has 0 aliphatic carbocycles. The molecule has 1 aromatic carbocycles. The van der Waals surface area contributed by atoms with Crippen molar-refractivity contribution in [2.24, 2.45) is 5.92 Å². The normalized spacial score (nSPS) is 14.3. The van der Waals surface area contributed by atoms with Crippen molar-refractivity contribution in [1.29, 1.82) is 0 Å². The van der Waals surface area contributed by atoms with Crippen molar-refractivity contribution in [2.45, 2.75) is 26.3 Å². The highest BCUT2D eigenvalue weighted by atomic mass is 16.4. The van der Waals surface area contributed by atoms with Crippen molar-refractivity contribution in [3.63, 3.8) is 0 Å². The van der Waals surface area contributed by atoms with E-state index < -0.39 is 11.7 Å². The zero-order valence-corrected chi connectivity index (χ0v) is 19.6. The standard InChI is InChI=1S/C24H25N7O5/c1-14(32)30-8-5-15(6-9-30)12-26-23(34)19-11-18(28-21-4-7-27-31(19)21)22(33)25-13-16-2-3-20-17(10-16)29-24(35)36-20/h2-4,7,10-11,15H,5-6,8-9,12-13H2,1H3,(H,25,33)(H,26,34)(H,29,35). The number of aromatic amines is 1. The number of carbonyl (C=O) groups excluding carboxylic acids is 3. The fraction of sp³-hybridized carbons (Fsp3) is 0.333. The van der Waals surface area contributed by atoms with E-state index in [-0.39, 0.29) is 35.7 Å². The molecule has 5 rings (SSSR count). The maximum Gasteiger partial charge on any atom is 0.417 e. The first kappa shape index (κ1) is 23.3. The molecule has 12 nitrogen and oxygen atoms in total. The lowest BCUT2D eigenvalue weighted by atomic mass is 9.97. The van der Waals surface area contributed by atoms with E-state index in [4.69, 9.17) is 4.42 Å². The fourth-order valence-electron chi connectivity index (χ4n) is 4.35. The largest absolute Gasteiger partial charge is 0.417 e. The minimum atomic E-state index is -0.545. The van der Waals surface area contributed by atoms with Crippen LogP contribution < -0.4 is 16.4 Å². The third-order valence-electron chi connectivity index (χ3n) is 6.37. The Hall–Kier alpha value is -4.48. The topological polar surface area (TPSA) is 155 Å². The van der Waals surface area contributed by atoms with Crippen LogP contribution in [0.3, 0.4) is 0 Å². The average Bonchev–Trinajstić information content (AvgIpc) is 3.50. The van der Waals surface area contributed by atoms with Crippen LogP contribution in [0.4, 0.5) is 0 Å². The summed E-state index contributed by atoms with van der Waals surface area (Å²) >= 11 is 0. The van der Waals surface area contributed by atoms with Gasteiger partial charge in [0.2, 0.25) is 5.91 Å². The van der Waals surface area contributed by atoms with Crippen molar-refractivity contribution in [2.75, 3.05) is 19.6 Å². The average molecular weight is 492 g/mol. The highest BCUT2D eigenvalue weighted by molar-refractivity contribution is 5.98. The first-order valence-corrected chi connectivity index (χ1v) is 11.7. The van der Waals surface area contributed by atoms with Crippen LogP contribution in [-0.2, 0) is 11.3 Å². The molecule has 0 saturated carbocycles. The lowest BCUT2D eigenvalue weighted by Crippen LogP contribution is -2.40. The van der Waals surface area contributed by atoms with Gasteiger partial charge in [-0.05, 0) is 36.5 Å². The number of oxazole rings is 1. The molecule has 1 fully saturated rings. The summed E-state index contributed by atoms with van der Waals surface area (Å²) in [5, 5.41) is 9.89. The first-order valence-electron chi connectivity index (χ1n) is 11.7. The van der Waals surface area contributed by atoms with Gasteiger partial charge in [-0.25, -0.2) is 14.3 Å². The zero-order valence-electron chi connectivity index (χ0n) is 19.6. The molecular weight excluding hydrogens is 466 g/mol. The minimum absolute atomic E-state index is 0.0677. The van der Waals surface area contributed by atoms with Gasteiger partial charge in [-0.1, -0.05) is 6.07 Å². The zero-order chi connectivity index (χ0) is 25.2. The van der Waals surface area contributed by atoms with Crippen molar-refractivity contribution >= 4 is 34.5 Å². The van der Waals surface area contributed by atoms with Gasteiger partial charge in [-0.2, -0.15) is 5.10 Å².